The molecule has 0 bridgehead atoms. The molecule has 1 aliphatic carbocycles. The van der Waals surface area contributed by atoms with Gasteiger partial charge < -0.3 is 4.74 Å². The van der Waals surface area contributed by atoms with Crippen molar-refractivity contribution in [1.82, 2.24) is 0 Å². The van der Waals surface area contributed by atoms with Crippen LogP contribution < -0.4 is 4.74 Å². The Kier molecular flexibility index (Phi) is 6.69. The van der Waals surface area contributed by atoms with Gasteiger partial charge in [-0.15, -0.1) is 0 Å². The molecule has 0 aliphatic heterocycles. The summed E-state index contributed by atoms with van der Waals surface area (Å²) >= 11 is 0. The highest BCUT2D eigenvalue weighted by molar-refractivity contribution is 5.29. The van der Waals surface area contributed by atoms with Crippen molar-refractivity contribution in [3.8, 4) is 5.75 Å². The number of halogens is 5. The van der Waals surface area contributed by atoms with Gasteiger partial charge in [0.1, 0.15) is 5.75 Å². The minimum Gasteiger partial charge on any atom is -0.494 e. The molecule has 0 radical (unpaired) electrons. The molecule has 0 amide bonds. The summed E-state index contributed by atoms with van der Waals surface area (Å²) in [4.78, 5) is 0. The van der Waals surface area contributed by atoms with Crippen molar-refractivity contribution >= 4 is 0 Å². The lowest BCUT2D eigenvalue weighted by atomic mass is 9.76. The van der Waals surface area contributed by atoms with E-state index in [0.29, 0.717) is 19.4 Å². The quantitative estimate of drug-likeness (QED) is 0.385. The van der Waals surface area contributed by atoms with Crippen LogP contribution in [0.3, 0.4) is 0 Å². The van der Waals surface area contributed by atoms with Gasteiger partial charge in [0.2, 0.25) is 0 Å². The summed E-state index contributed by atoms with van der Waals surface area (Å²) < 4.78 is 69.9. The van der Waals surface area contributed by atoms with Crippen molar-refractivity contribution in [1.29, 1.82) is 0 Å². The molecule has 25 heavy (non-hydrogen) atoms. The Hall–Kier alpha value is -1.33. The fraction of sp³-hybridized carbons (Fsp3) is 0.684. The molecule has 1 fully saturated rings. The molecule has 0 atom stereocenters. The van der Waals surface area contributed by atoms with Crippen LogP contribution in [0, 0.1) is 5.92 Å². The van der Waals surface area contributed by atoms with E-state index >= 15 is 0 Å². The third kappa shape index (κ3) is 5.08. The van der Waals surface area contributed by atoms with Gasteiger partial charge in [0.25, 0.3) is 0 Å². The number of hydrogen-bond acceptors (Lipinski definition) is 1. The Labute approximate surface area is 145 Å². The highest BCUT2D eigenvalue weighted by Gasteiger charge is 2.62. The van der Waals surface area contributed by atoms with Gasteiger partial charge in [0.05, 0.1) is 6.61 Å². The Morgan fingerprint density at radius 2 is 1.52 bits per heavy atom. The Morgan fingerprint density at radius 3 is 2.04 bits per heavy atom. The van der Waals surface area contributed by atoms with E-state index in [1.54, 1.807) is 0 Å². The number of unbranched alkanes of at least 4 members (excludes halogenated alkanes) is 2. The van der Waals surface area contributed by atoms with Gasteiger partial charge in [0, 0.05) is 5.92 Å². The summed E-state index contributed by atoms with van der Waals surface area (Å²) in [6.07, 6.45) is -1.72. The number of ether oxygens (including phenoxy) is 1. The first-order valence-corrected chi connectivity index (χ1v) is 8.93. The molecule has 0 heterocycles. The molecular weight excluding hydrogens is 339 g/mol. The predicted octanol–water partition coefficient (Wildman–Crippen LogP) is 6.73. The third-order valence-electron chi connectivity index (χ3n) is 4.99. The van der Waals surface area contributed by atoms with Crippen molar-refractivity contribution in [2.24, 2.45) is 5.92 Å². The standard InChI is InChI=1S/C19H25F5O/c1-2-3-4-13-25-17-11-7-15(8-12-17)14-5-9-16(10-6-14)18(20,21)19(22,23)24/h7-8,11-12,14,16H,2-6,9-10,13H2,1H3/t14-,16-. The molecule has 0 unspecified atom stereocenters. The summed E-state index contributed by atoms with van der Waals surface area (Å²) in [5.74, 6) is -5.40. The van der Waals surface area contributed by atoms with Crippen molar-refractivity contribution in [2.45, 2.75) is 69.9 Å². The summed E-state index contributed by atoms with van der Waals surface area (Å²) in [5, 5.41) is 0. The van der Waals surface area contributed by atoms with Gasteiger partial charge in [-0.05, 0) is 55.7 Å². The fourth-order valence-corrected chi connectivity index (χ4v) is 3.40. The maximum Gasteiger partial charge on any atom is 0.453 e. The van der Waals surface area contributed by atoms with E-state index in [4.69, 9.17) is 4.74 Å². The molecule has 0 aromatic heterocycles. The second-order valence-corrected chi connectivity index (χ2v) is 6.79. The van der Waals surface area contributed by atoms with E-state index in [-0.39, 0.29) is 18.8 Å². The van der Waals surface area contributed by atoms with Crippen molar-refractivity contribution in [2.75, 3.05) is 6.61 Å². The van der Waals surface area contributed by atoms with Crippen LogP contribution in [0.4, 0.5) is 22.0 Å². The van der Waals surface area contributed by atoms with Crippen LogP contribution in [0.15, 0.2) is 24.3 Å². The summed E-state index contributed by atoms with van der Waals surface area (Å²) in [5.41, 5.74) is 0.981. The SMILES string of the molecule is CCCCCOc1ccc([C@H]2CC[C@H](C(F)(F)C(F)(F)F)CC2)cc1. The maximum absolute atomic E-state index is 13.4. The highest BCUT2D eigenvalue weighted by atomic mass is 19.4. The van der Waals surface area contributed by atoms with Gasteiger partial charge >= 0.3 is 12.1 Å². The van der Waals surface area contributed by atoms with E-state index in [1.165, 1.54) is 0 Å². The van der Waals surface area contributed by atoms with E-state index in [2.05, 4.69) is 6.92 Å². The van der Waals surface area contributed by atoms with Crippen LogP contribution in [0.2, 0.25) is 0 Å². The lowest BCUT2D eigenvalue weighted by Crippen LogP contribution is -2.44. The average molecular weight is 364 g/mol. The molecule has 0 saturated heterocycles. The largest absolute Gasteiger partial charge is 0.494 e. The van der Waals surface area contributed by atoms with Gasteiger partial charge in [-0.2, -0.15) is 22.0 Å². The van der Waals surface area contributed by atoms with Crippen LogP contribution in [0.25, 0.3) is 0 Å². The summed E-state index contributed by atoms with van der Waals surface area (Å²) in [6.45, 7) is 2.78. The topological polar surface area (TPSA) is 9.23 Å². The van der Waals surface area contributed by atoms with Crippen LogP contribution in [0.5, 0.6) is 5.75 Å². The molecule has 0 spiro atoms. The van der Waals surface area contributed by atoms with E-state index < -0.39 is 18.0 Å². The molecule has 1 saturated carbocycles. The molecule has 1 nitrogen and oxygen atoms in total. The zero-order chi connectivity index (χ0) is 18.5. The van der Waals surface area contributed by atoms with E-state index in [9.17, 15) is 22.0 Å². The molecule has 0 N–H and O–H groups in total. The minimum absolute atomic E-state index is 0.0365. The Morgan fingerprint density at radius 1 is 0.920 bits per heavy atom. The molecule has 142 valence electrons. The van der Waals surface area contributed by atoms with Crippen molar-refractivity contribution < 1.29 is 26.7 Å². The Bertz CT molecular complexity index is 516. The first-order chi connectivity index (χ1) is 11.8. The lowest BCUT2D eigenvalue weighted by molar-refractivity contribution is -0.305. The normalized spacial score (nSPS) is 22.0. The van der Waals surface area contributed by atoms with E-state index in [0.717, 1.165) is 30.6 Å². The summed E-state index contributed by atoms with van der Waals surface area (Å²) in [6, 6.07) is 7.47. The number of rotatable bonds is 7. The van der Waals surface area contributed by atoms with Crippen LogP contribution in [0.1, 0.15) is 63.4 Å². The van der Waals surface area contributed by atoms with Crippen LogP contribution in [-0.2, 0) is 0 Å². The number of hydrogen-bond donors (Lipinski definition) is 0. The van der Waals surface area contributed by atoms with Gasteiger partial charge in [-0.3, -0.25) is 0 Å². The van der Waals surface area contributed by atoms with Gasteiger partial charge in [0.15, 0.2) is 0 Å². The second kappa shape index (κ2) is 8.37. The maximum atomic E-state index is 13.4. The van der Waals surface area contributed by atoms with Crippen LogP contribution >= 0.6 is 0 Å². The smallest absolute Gasteiger partial charge is 0.453 e. The molecule has 1 aliphatic rings. The molecule has 1 aromatic rings. The van der Waals surface area contributed by atoms with Crippen LogP contribution in [-0.4, -0.2) is 18.7 Å². The second-order valence-electron chi connectivity index (χ2n) is 6.79. The minimum atomic E-state index is -5.46. The van der Waals surface area contributed by atoms with Gasteiger partial charge in [-0.25, -0.2) is 0 Å². The summed E-state index contributed by atoms with van der Waals surface area (Å²) in [7, 11) is 0. The van der Waals surface area contributed by atoms with Crippen molar-refractivity contribution in [3.05, 3.63) is 29.8 Å². The van der Waals surface area contributed by atoms with E-state index in [1.807, 2.05) is 24.3 Å². The first-order valence-electron chi connectivity index (χ1n) is 8.93. The number of alkyl halides is 5. The predicted molar refractivity (Wildman–Crippen MR) is 87.2 cm³/mol. The van der Waals surface area contributed by atoms with Crippen molar-refractivity contribution in [3.63, 3.8) is 0 Å². The third-order valence-corrected chi connectivity index (χ3v) is 4.99. The molecule has 2 rings (SSSR count). The fourth-order valence-electron chi connectivity index (χ4n) is 3.40. The monoisotopic (exact) mass is 364 g/mol. The highest BCUT2D eigenvalue weighted by Crippen LogP contribution is 2.49. The zero-order valence-corrected chi connectivity index (χ0v) is 14.4. The zero-order valence-electron chi connectivity index (χ0n) is 14.4. The first kappa shape index (κ1) is 20.0. The Balaban J connectivity index is 1.86. The van der Waals surface area contributed by atoms with Gasteiger partial charge in [-0.1, -0.05) is 31.9 Å². The lowest BCUT2D eigenvalue weighted by Gasteiger charge is -2.34. The molecule has 6 heteroatoms. The molecule has 1 aromatic carbocycles. The molecular formula is C19H25F5O. The number of benzene rings is 1. The average Bonchev–Trinajstić information content (AvgIpc) is 2.58.